The molecule has 2 aromatic rings. The molecule has 3 N–H and O–H groups in total. The smallest absolute Gasteiger partial charge is 0.247 e. The molecule has 0 radical (unpaired) electrons. The molecule has 0 aliphatic rings. The van der Waals surface area contributed by atoms with E-state index < -0.39 is 6.04 Å². The number of nitrogens with one attached hydrogen (secondary N) is 1. The summed E-state index contributed by atoms with van der Waals surface area (Å²) in [6.07, 6.45) is 4.51. The lowest BCUT2D eigenvalue weighted by Gasteiger charge is -2.11. The Morgan fingerprint density at radius 1 is 1.24 bits per heavy atom. The van der Waals surface area contributed by atoms with E-state index in [1.807, 2.05) is 18.2 Å². The van der Waals surface area contributed by atoms with Gasteiger partial charge < -0.3 is 11.1 Å². The average molecular weight is 228 g/mol. The van der Waals surface area contributed by atoms with E-state index in [1.165, 1.54) is 18.6 Å². The van der Waals surface area contributed by atoms with Gasteiger partial charge in [0.05, 0.1) is 6.20 Å². The highest BCUT2D eigenvalue weighted by Gasteiger charge is 2.15. The van der Waals surface area contributed by atoms with Crippen molar-refractivity contribution in [2.24, 2.45) is 5.73 Å². The molecule has 1 aromatic carbocycles. The summed E-state index contributed by atoms with van der Waals surface area (Å²) in [4.78, 5) is 19.6. The fourth-order valence-corrected chi connectivity index (χ4v) is 1.38. The Bertz CT molecular complexity index is 486. The van der Waals surface area contributed by atoms with Crippen LogP contribution in [0.4, 0.5) is 5.82 Å². The van der Waals surface area contributed by atoms with Crippen LogP contribution in [0, 0.1) is 0 Å². The second kappa shape index (κ2) is 5.18. The van der Waals surface area contributed by atoms with Gasteiger partial charge in [-0.2, -0.15) is 0 Å². The van der Waals surface area contributed by atoms with Gasteiger partial charge in [-0.1, -0.05) is 30.3 Å². The zero-order valence-corrected chi connectivity index (χ0v) is 9.08. The number of nitrogens with zero attached hydrogens (tertiary/aromatic N) is 2. The molecule has 1 amide bonds. The first-order valence-electron chi connectivity index (χ1n) is 5.15. The summed E-state index contributed by atoms with van der Waals surface area (Å²) in [7, 11) is 0. The van der Waals surface area contributed by atoms with E-state index in [2.05, 4.69) is 15.3 Å². The van der Waals surface area contributed by atoms with Crippen molar-refractivity contribution < 1.29 is 4.79 Å². The Hall–Kier alpha value is -2.27. The van der Waals surface area contributed by atoms with E-state index in [9.17, 15) is 4.79 Å². The fraction of sp³-hybridized carbons (Fsp3) is 0.0833. The summed E-state index contributed by atoms with van der Waals surface area (Å²) in [5, 5.41) is 2.60. The first kappa shape index (κ1) is 11.2. The summed E-state index contributed by atoms with van der Waals surface area (Å²) in [5.74, 6) is 0.0839. The van der Waals surface area contributed by atoms with Crippen LogP contribution in [0.1, 0.15) is 11.6 Å². The third-order valence-electron chi connectivity index (χ3n) is 2.26. The summed E-state index contributed by atoms with van der Waals surface area (Å²) in [6, 6.07) is 8.45. The molecule has 86 valence electrons. The van der Waals surface area contributed by atoms with Gasteiger partial charge in [-0.15, -0.1) is 0 Å². The minimum Gasteiger partial charge on any atom is -0.316 e. The fourth-order valence-electron chi connectivity index (χ4n) is 1.38. The number of benzene rings is 1. The highest BCUT2D eigenvalue weighted by Crippen LogP contribution is 2.11. The second-order valence-electron chi connectivity index (χ2n) is 3.47. The lowest BCUT2D eigenvalue weighted by molar-refractivity contribution is -0.117. The third kappa shape index (κ3) is 2.85. The molecular weight excluding hydrogens is 216 g/mol. The highest BCUT2D eigenvalue weighted by molar-refractivity contribution is 5.94. The predicted molar refractivity (Wildman–Crippen MR) is 64.0 cm³/mol. The molecule has 1 heterocycles. The molecule has 0 saturated carbocycles. The molecule has 0 aliphatic heterocycles. The quantitative estimate of drug-likeness (QED) is 0.824. The molecule has 2 rings (SSSR count). The Labute approximate surface area is 98.7 Å². The molecule has 1 aromatic heterocycles. The normalized spacial score (nSPS) is 11.8. The lowest BCUT2D eigenvalue weighted by atomic mass is 10.1. The molecule has 0 spiro atoms. The molecule has 0 saturated heterocycles. The van der Waals surface area contributed by atoms with Gasteiger partial charge in [-0.25, -0.2) is 4.98 Å². The van der Waals surface area contributed by atoms with Crippen LogP contribution in [0.15, 0.2) is 48.9 Å². The maximum absolute atomic E-state index is 11.8. The minimum atomic E-state index is -0.710. The van der Waals surface area contributed by atoms with Crippen molar-refractivity contribution in [1.29, 1.82) is 0 Å². The summed E-state index contributed by atoms with van der Waals surface area (Å²) in [6.45, 7) is 0. The van der Waals surface area contributed by atoms with E-state index in [1.54, 1.807) is 12.1 Å². The number of amides is 1. The third-order valence-corrected chi connectivity index (χ3v) is 2.26. The molecule has 0 aliphatic carbocycles. The maximum Gasteiger partial charge on any atom is 0.247 e. The number of rotatable bonds is 3. The highest BCUT2D eigenvalue weighted by atomic mass is 16.2. The van der Waals surface area contributed by atoms with Crippen molar-refractivity contribution in [3.63, 3.8) is 0 Å². The van der Waals surface area contributed by atoms with Crippen LogP contribution in [-0.2, 0) is 4.79 Å². The number of hydrogen-bond donors (Lipinski definition) is 2. The van der Waals surface area contributed by atoms with Gasteiger partial charge in [0.15, 0.2) is 5.82 Å². The van der Waals surface area contributed by atoms with Crippen molar-refractivity contribution >= 4 is 11.7 Å². The van der Waals surface area contributed by atoms with Crippen LogP contribution in [0.25, 0.3) is 0 Å². The van der Waals surface area contributed by atoms with Gasteiger partial charge in [0.2, 0.25) is 5.91 Å². The summed E-state index contributed by atoms with van der Waals surface area (Å²) >= 11 is 0. The van der Waals surface area contributed by atoms with Gasteiger partial charge in [-0.05, 0) is 5.56 Å². The van der Waals surface area contributed by atoms with Crippen LogP contribution < -0.4 is 11.1 Å². The zero-order valence-electron chi connectivity index (χ0n) is 9.08. The number of aromatic nitrogens is 2. The van der Waals surface area contributed by atoms with Crippen LogP contribution in [0.2, 0.25) is 0 Å². The van der Waals surface area contributed by atoms with Crippen LogP contribution in [-0.4, -0.2) is 15.9 Å². The first-order chi connectivity index (χ1) is 8.27. The molecule has 5 nitrogen and oxygen atoms in total. The SMILES string of the molecule is NC(C(=O)Nc1cnccn1)c1ccccc1. The van der Waals surface area contributed by atoms with Crippen molar-refractivity contribution in [2.45, 2.75) is 6.04 Å². The summed E-state index contributed by atoms with van der Waals surface area (Å²) in [5.41, 5.74) is 6.58. The molecule has 5 heteroatoms. The van der Waals surface area contributed by atoms with Crippen molar-refractivity contribution in [1.82, 2.24) is 9.97 Å². The number of carbonyl (C=O) groups excluding carboxylic acids is 1. The molecule has 1 unspecified atom stereocenters. The Morgan fingerprint density at radius 3 is 2.65 bits per heavy atom. The van der Waals surface area contributed by atoms with Gasteiger partial charge in [0, 0.05) is 12.4 Å². The molecule has 17 heavy (non-hydrogen) atoms. The van der Waals surface area contributed by atoms with E-state index in [0.717, 1.165) is 5.56 Å². The van der Waals surface area contributed by atoms with E-state index >= 15 is 0 Å². The second-order valence-corrected chi connectivity index (χ2v) is 3.47. The topological polar surface area (TPSA) is 80.9 Å². The Kier molecular flexibility index (Phi) is 3.42. The zero-order chi connectivity index (χ0) is 12.1. The molecule has 1 atom stereocenters. The monoisotopic (exact) mass is 228 g/mol. The van der Waals surface area contributed by atoms with E-state index in [0.29, 0.717) is 5.82 Å². The van der Waals surface area contributed by atoms with Gasteiger partial charge in [0.1, 0.15) is 6.04 Å². The standard InChI is InChI=1S/C12H12N4O/c13-11(9-4-2-1-3-5-9)12(17)16-10-8-14-6-7-15-10/h1-8,11H,13H2,(H,15,16,17). The van der Waals surface area contributed by atoms with E-state index in [4.69, 9.17) is 5.73 Å². The Morgan fingerprint density at radius 2 is 2.00 bits per heavy atom. The molecular formula is C12H12N4O. The van der Waals surface area contributed by atoms with Gasteiger partial charge >= 0.3 is 0 Å². The van der Waals surface area contributed by atoms with Gasteiger partial charge in [-0.3, -0.25) is 9.78 Å². The number of hydrogen-bond acceptors (Lipinski definition) is 4. The van der Waals surface area contributed by atoms with Crippen LogP contribution in [0.3, 0.4) is 0 Å². The summed E-state index contributed by atoms with van der Waals surface area (Å²) < 4.78 is 0. The Balaban J connectivity index is 2.06. The predicted octanol–water partition coefficient (Wildman–Crippen LogP) is 1.12. The number of carbonyl (C=O) groups is 1. The lowest BCUT2D eigenvalue weighted by Crippen LogP contribution is -2.28. The minimum absolute atomic E-state index is 0.309. The van der Waals surface area contributed by atoms with Crippen LogP contribution >= 0.6 is 0 Å². The number of anilines is 1. The average Bonchev–Trinajstić information content (AvgIpc) is 2.40. The van der Waals surface area contributed by atoms with E-state index in [-0.39, 0.29) is 5.91 Å². The molecule has 0 fully saturated rings. The van der Waals surface area contributed by atoms with Crippen molar-refractivity contribution in [3.8, 4) is 0 Å². The maximum atomic E-state index is 11.8. The van der Waals surface area contributed by atoms with Crippen LogP contribution in [0.5, 0.6) is 0 Å². The van der Waals surface area contributed by atoms with Crippen molar-refractivity contribution in [2.75, 3.05) is 5.32 Å². The molecule has 0 bridgehead atoms. The van der Waals surface area contributed by atoms with Gasteiger partial charge in [0.25, 0.3) is 0 Å². The number of nitrogens with two attached hydrogens (primary N) is 1. The largest absolute Gasteiger partial charge is 0.316 e. The first-order valence-corrected chi connectivity index (χ1v) is 5.15. The van der Waals surface area contributed by atoms with Crippen molar-refractivity contribution in [3.05, 3.63) is 54.5 Å².